The minimum absolute atomic E-state index is 0.283. The van der Waals surface area contributed by atoms with Crippen molar-refractivity contribution in [2.24, 2.45) is 0 Å². The first kappa shape index (κ1) is 19.4. The van der Waals surface area contributed by atoms with Gasteiger partial charge in [-0.1, -0.05) is 30.3 Å². The number of likely N-dealkylation sites (tertiary alicyclic amines) is 1. The quantitative estimate of drug-likeness (QED) is 0.336. The Hall–Kier alpha value is -2.96. The number of para-hydroxylation sites is 1. The molecule has 2 aromatic carbocycles. The van der Waals surface area contributed by atoms with E-state index >= 15 is 0 Å². The number of nitrogens with one attached hydrogen (secondary N) is 2. The average Bonchev–Trinajstić information content (AvgIpc) is 3.35. The van der Waals surface area contributed by atoms with Crippen molar-refractivity contribution in [2.75, 3.05) is 6.54 Å². The number of carbonyl (C=O) groups is 1. The molecule has 0 aliphatic carbocycles. The summed E-state index contributed by atoms with van der Waals surface area (Å²) in [5, 5.41) is 9.77. The van der Waals surface area contributed by atoms with Crippen molar-refractivity contribution in [3.05, 3.63) is 77.2 Å². The largest absolute Gasteiger partial charge is 0.361 e. The number of aromatic nitrogens is 1. The van der Waals surface area contributed by atoms with E-state index in [0.29, 0.717) is 23.7 Å². The Morgan fingerprint density at radius 2 is 2.14 bits per heavy atom. The molecule has 4 rings (SSSR count). The maximum absolute atomic E-state index is 14.6. The van der Waals surface area contributed by atoms with Gasteiger partial charge in [-0.3, -0.25) is 14.9 Å². The Labute approximate surface area is 168 Å². The second-order valence-corrected chi connectivity index (χ2v) is 7.49. The molecular weight excluding hydrogens is 369 g/mol. The molecule has 0 spiro atoms. The number of benzene rings is 2. The van der Waals surface area contributed by atoms with Crippen LogP contribution in [0, 0.1) is 5.82 Å². The fourth-order valence-corrected chi connectivity index (χ4v) is 4.11. The van der Waals surface area contributed by atoms with Crippen LogP contribution in [0.5, 0.6) is 0 Å². The first-order valence-corrected chi connectivity index (χ1v) is 9.83. The molecule has 0 radical (unpaired) electrons. The number of H-pyrrole nitrogens is 1. The van der Waals surface area contributed by atoms with Crippen LogP contribution in [-0.4, -0.2) is 33.6 Å². The fraction of sp³-hybridized carbons (Fsp3) is 0.261. The van der Waals surface area contributed by atoms with Crippen LogP contribution in [0.15, 0.2) is 54.7 Å². The van der Waals surface area contributed by atoms with Crippen LogP contribution in [0.1, 0.15) is 29.5 Å². The van der Waals surface area contributed by atoms with Crippen molar-refractivity contribution in [1.82, 2.24) is 15.4 Å². The highest BCUT2D eigenvalue weighted by Crippen LogP contribution is 2.27. The van der Waals surface area contributed by atoms with E-state index < -0.39 is 5.91 Å². The van der Waals surface area contributed by atoms with E-state index in [1.807, 2.05) is 6.07 Å². The van der Waals surface area contributed by atoms with Crippen LogP contribution in [-0.2, 0) is 17.8 Å². The highest BCUT2D eigenvalue weighted by Gasteiger charge is 2.26. The Kier molecular flexibility index (Phi) is 5.74. The van der Waals surface area contributed by atoms with Gasteiger partial charge < -0.3 is 4.98 Å². The lowest BCUT2D eigenvalue weighted by Crippen LogP contribution is -2.31. The third-order valence-electron chi connectivity index (χ3n) is 5.62. The molecule has 1 atom stereocenters. The molecule has 0 bridgehead atoms. The van der Waals surface area contributed by atoms with Crippen LogP contribution in [0.2, 0.25) is 0 Å². The number of halogens is 1. The van der Waals surface area contributed by atoms with Crippen LogP contribution in [0.4, 0.5) is 4.39 Å². The molecule has 1 saturated heterocycles. The maximum atomic E-state index is 14.6. The summed E-state index contributed by atoms with van der Waals surface area (Å²) >= 11 is 0. The minimum Gasteiger partial charge on any atom is -0.361 e. The zero-order valence-corrected chi connectivity index (χ0v) is 16.1. The van der Waals surface area contributed by atoms with Gasteiger partial charge in [-0.2, -0.15) is 0 Å². The number of amides is 1. The summed E-state index contributed by atoms with van der Waals surface area (Å²) < 4.78 is 14.6. The van der Waals surface area contributed by atoms with Crippen LogP contribution >= 0.6 is 0 Å². The predicted octanol–water partition coefficient (Wildman–Crippen LogP) is 4.03. The Morgan fingerprint density at radius 3 is 2.97 bits per heavy atom. The number of fused-ring (bicyclic) bond motifs is 1. The molecule has 5 nitrogen and oxygen atoms in total. The SMILES string of the molecule is O=C(C=Cc1ccc(CN2CCCC2Cc2c[nH]c3ccccc23)c(F)c1)NO. The summed E-state index contributed by atoms with van der Waals surface area (Å²) in [6, 6.07) is 13.7. The van der Waals surface area contributed by atoms with Gasteiger partial charge in [0.15, 0.2) is 0 Å². The van der Waals surface area contributed by atoms with Crippen LogP contribution in [0.25, 0.3) is 17.0 Å². The van der Waals surface area contributed by atoms with Gasteiger partial charge >= 0.3 is 0 Å². The molecule has 3 aromatic rings. The van der Waals surface area contributed by atoms with Gasteiger partial charge in [0.05, 0.1) is 0 Å². The summed E-state index contributed by atoms with van der Waals surface area (Å²) in [7, 11) is 0. The number of nitrogens with zero attached hydrogens (tertiary/aromatic N) is 1. The smallest absolute Gasteiger partial charge is 0.267 e. The summed E-state index contributed by atoms with van der Waals surface area (Å²) in [5.41, 5.74) is 5.20. The van der Waals surface area contributed by atoms with Gasteiger partial charge in [-0.25, -0.2) is 9.87 Å². The monoisotopic (exact) mass is 393 g/mol. The molecule has 1 amide bonds. The fourth-order valence-electron chi connectivity index (χ4n) is 4.11. The lowest BCUT2D eigenvalue weighted by Gasteiger charge is -2.24. The molecule has 1 aliphatic heterocycles. The van der Waals surface area contributed by atoms with E-state index in [4.69, 9.17) is 5.21 Å². The Balaban J connectivity index is 1.45. The molecule has 2 heterocycles. The summed E-state index contributed by atoms with van der Waals surface area (Å²) in [6.45, 7) is 1.53. The van der Waals surface area contributed by atoms with Gasteiger partial charge in [0.25, 0.3) is 5.91 Å². The number of hydroxylamine groups is 1. The van der Waals surface area contributed by atoms with Crippen LogP contribution < -0.4 is 5.48 Å². The summed E-state index contributed by atoms with van der Waals surface area (Å²) in [4.78, 5) is 16.8. The van der Waals surface area contributed by atoms with E-state index in [2.05, 4.69) is 34.3 Å². The highest BCUT2D eigenvalue weighted by atomic mass is 19.1. The van der Waals surface area contributed by atoms with E-state index in [-0.39, 0.29) is 5.82 Å². The Morgan fingerprint density at radius 1 is 1.28 bits per heavy atom. The average molecular weight is 393 g/mol. The molecule has 1 fully saturated rings. The predicted molar refractivity (Wildman–Crippen MR) is 111 cm³/mol. The molecule has 1 aromatic heterocycles. The zero-order valence-electron chi connectivity index (χ0n) is 16.1. The number of hydrogen-bond donors (Lipinski definition) is 3. The highest BCUT2D eigenvalue weighted by molar-refractivity contribution is 5.90. The molecule has 6 heteroatoms. The van der Waals surface area contributed by atoms with Gasteiger partial charge in [0, 0.05) is 41.3 Å². The lowest BCUT2D eigenvalue weighted by atomic mass is 10.0. The third kappa shape index (κ3) is 4.39. The topological polar surface area (TPSA) is 68.4 Å². The number of hydrogen-bond acceptors (Lipinski definition) is 3. The third-order valence-corrected chi connectivity index (χ3v) is 5.62. The van der Waals surface area contributed by atoms with Crippen molar-refractivity contribution in [1.29, 1.82) is 0 Å². The molecule has 29 heavy (non-hydrogen) atoms. The zero-order chi connectivity index (χ0) is 20.2. The van der Waals surface area contributed by atoms with Crippen molar-refractivity contribution in [3.8, 4) is 0 Å². The van der Waals surface area contributed by atoms with Crippen molar-refractivity contribution in [3.63, 3.8) is 0 Å². The van der Waals surface area contributed by atoms with E-state index in [1.54, 1.807) is 12.1 Å². The molecule has 1 unspecified atom stereocenters. The molecule has 0 saturated carbocycles. The van der Waals surface area contributed by atoms with Crippen molar-refractivity contribution < 1.29 is 14.4 Å². The van der Waals surface area contributed by atoms with E-state index in [9.17, 15) is 9.18 Å². The molecule has 1 aliphatic rings. The number of carbonyl (C=O) groups excluding carboxylic acids is 1. The normalized spacial score (nSPS) is 17.4. The second-order valence-electron chi connectivity index (χ2n) is 7.49. The number of rotatable bonds is 6. The summed E-state index contributed by atoms with van der Waals surface area (Å²) in [6.07, 6.45) is 7.89. The second kappa shape index (κ2) is 8.59. The molecule has 150 valence electrons. The van der Waals surface area contributed by atoms with Gasteiger partial charge in [-0.05, 0) is 55.1 Å². The van der Waals surface area contributed by atoms with Crippen molar-refractivity contribution >= 4 is 22.9 Å². The Bertz CT molecular complexity index is 1040. The maximum Gasteiger partial charge on any atom is 0.267 e. The van der Waals surface area contributed by atoms with Gasteiger partial charge in [0.1, 0.15) is 5.82 Å². The standard InChI is InChI=1S/C23H24FN3O2/c24-21-12-16(8-10-23(28)26-29)7-9-17(21)15-27-11-3-4-19(27)13-18-14-25-22-6-2-1-5-20(18)22/h1-2,5-10,12,14,19,25,29H,3-4,11,13,15H2,(H,26,28). The van der Waals surface area contributed by atoms with Crippen molar-refractivity contribution in [2.45, 2.75) is 31.8 Å². The molecule has 3 N–H and O–H groups in total. The van der Waals surface area contributed by atoms with E-state index in [1.165, 1.54) is 28.6 Å². The first-order chi connectivity index (χ1) is 14.1. The van der Waals surface area contributed by atoms with Gasteiger partial charge in [-0.15, -0.1) is 0 Å². The first-order valence-electron chi connectivity index (χ1n) is 9.83. The van der Waals surface area contributed by atoms with Crippen LogP contribution in [0.3, 0.4) is 0 Å². The van der Waals surface area contributed by atoms with Gasteiger partial charge in [0.2, 0.25) is 0 Å². The number of aromatic amines is 1. The lowest BCUT2D eigenvalue weighted by molar-refractivity contribution is -0.124. The molecular formula is C23H24FN3O2. The summed E-state index contributed by atoms with van der Waals surface area (Å²) in [5.74, 6) is -0.930. The minimum atomic E-state index is -0.647. The van der Waals surface area contributed by atoms with E-state index in [0.717, 1.165) is 37.4 Å².